The largest absolute Gasteiger partial charge is 0.465 e. The van der Waals surface area contributed by atoms with Crippen molar-refractivity contribution < 1.29 is 14.3 Å². The molecule has 0 saturated heterocycles. The zero-order valence-electron chi connectivity index (χ0n) is 13.0. The fraction of sp³-hybridized carbons (Fsp3) is 0.150. The summed E-state index contributed by atoms with van der Waals surface area (Å²) >= 11 is 0. The smallest absolute Gasteiger partial charge is 0.338 e. The molecule has 23 heavy (non-hydrogen) atoms. The molecule has 0 spiro atoms. The monoisotopic (exact) mass is 306 g/mol. The van der Waals surface area contributed by atoms with Crippen LogP contribution in [0, 0.1) is 0 Å². The van der Waals surface area contributed by atoms with Gasteiger partial charge in [-0.3, -0.25) is 0 Å². The highest BCUT2D eigenvalue weighted by Crippen LogP contribution is 2.24. The summed E-state index contributed by atoms with van der Waals surface area (Å²) in [5.41, 5.74) is 2.78. The first-order valence-corrected chi connectivity index (χ1v) is 7.50. The highest BCUT2D eigenvalue weighted by Gasteiger charge is 2.12. The van der Waals surface area contributed by atoms with E-state index >= 15 is 0 Å². The van der Waals surface area contributed by atoms with Gasteiger partial charge in [0, 0.05) is 0 Å². The fourth-order valence-electron chi connectivity index (χ4n) is 2.63. The normalized spacial score (nSPS) is 10.7. The third kappa shape index (κ3) is 3.41. The van der Waals surface area contributed by atoms with Crippen molar-refractivity contribution in [2.45, 2.75) is 13.2 Å². The van der Waals surface area contributed by atoms with Crippen LogP contribution in [0.1, 0.15) is 21.5 Å². The van der Waals surface area contributed by atoms with E-state index < -0.39 is 0 Å². The van der Waals surface area contributed by atoms with Crippen LogP contribution < -0.4 is 0 Å². The summed E-state index contributed by atoms with van der Waals surface area (Å²) in [6.07, 6.45) is 0. The maximum atomic E-state index is 11.9. The standard InChI is InChI=1S/C20H18O3/c1-22-20(21)19-12-11-16(17-9-5-6-10-18(17)19)14-23-13-15-7-3-2-4-8-15/h2-12H,13-14H2,1H3. The van der Waals surface area contributed by atoms with Crippen molar-refractivity contribution in [3.05, 3.63) is 83.4 Å². The van der Waals surface area contributed by atoms with Crippen LogP contribution in [0.2, 0.25) is 0 Å². The molecular formula is C20H18O3. The van der Waals surface area contributed by atoms with Crippen LogP contribution in [-0.2, 0) is 22.7 Å². The number of ether oxygens (including phenoxy) is 2. The Kier molecular flexibility index (Phi) is 4.69. The summed E-state index contributed by atoms with van der Waals surface area (Å²) in [5, 5.41) is 1.91. The average Bonchev–Trinajstić information content (AvgIpc) is 2.62. The first-order valence-electron chi connectivity index (χ1n) is 7.50. The molecule has 0 aliphatic rings. The average molecular weight is 306 g/mol. The molecule has 0 radical (unpaired) electrons. The van der Waals surface area contributed by atoms with Crippen LogP contribution in [0.3, 0.4) is 0 Å². The molecule has 3 rings (SSSR count). The maximum Gasteiger partial charge on any atom is 0.338 e. The Labute approximate surface area is 135 Å². The van der Waals surface area contributed by atoms with Crippen LogP contribution in [0.15, 0.2) is 66.7 Å². The van der Waals surface area contributed by atoms with E-state index in [-0.39, 0.29) is 5.97 Å². The van der Waals surface area contributed by atoms with Gasteiger partial charge in [0.15, 0.2) is 0 Å². The summed E-state index contributed by atoms with van der Waals surface area (Å²) in [7, 11) is 1.40. The summed E-state index contributed by atoms with van der Waals surface area (Å²) in [5.74, 6) is -0.321. The van der Waals surface area contributed by atoms with Gasteiger partial charge < -0.3 is 9.47 Å². The molecule has 0 amide bonds. The molecule has 0 aliphatic carbocycles. The quantitative estimate of drug-likeness (QED) is 0.658. The lowest BCUT2D eigenvalue weighted by Gasteiger charge is -2.11. The molecule has 3 nitrogen and oxygen atoms in total. The molecule has 3 aromatic carbocycles. The molecule has 0 unspecified atom stereocenters. The van der Waals surface area contributed by atoms with Crippen molar-refractivity contribution in [3.63, 3.8) is 0 Å². The van der Waals surface area contributed by atoms with Gasteiger partial charge in [0.2, 0.25) is 0 Å². The molecule has 0 N–H and O–H groups in total. The molecule has 0 aliphatic heterocycles. The van der Waals surface area contributed by atoms with E-state index in [2.05, 4.69) is 0 Å². The number of benzene rings is 3. The number of carbonyl (C=O) groups is 1. The second-order valence-electron chi connectivity index (χ2n) is 5.29. The minimum atomic E-state index is -0.321. The molecule has 0 saturated carbocycles. The van der Waals surface area contributed by atoms with Crippen LogP contribution in [0.4, 0.5) is 0 Å². The van der Waals surface area contributed by atoms with Crippen LogP contribution in [0.25, 0.3) is 10.8 Å². The Bertz CT molecular complexity index is 809. The molecule has 0 heterocycles. The Morgan fingerprint density at radius 2 is 1.52 bits per heavy atom. The van der Waals surface area contributed by atoms with Crippen molar-refractivity contribution in [3.8, 4) is 0 Å². The van der Waals surface area contributed by atoms with E-state index in [4.69, 9.17) is 9.47 Å². The molecule has 3 heteroatoms. The van der Waals surface area contributed by atoms with E-state index in [1.54, 1.807) is 6.07 Å². The Morgan fingerprint density at radius 3 is 2.26 bits per heavy atom. The predicted molar refractivity (Wildman–Crippen MR) is 90.2 cm³/mol. The molecule has 0 aromatic heterocycles. The third-order valence-corrected chi connectivity index (χ3v) is 3.79. The highest BCUT2D eigenvalue weighted by atomic mass is 16.5. The van der Waals surface area contributed by atoms with Gasteiger partial charge in [-0.15, -0.1) is 0 Å². The van der Waals surface area contributed by atoms with Crippen molar-refractivity contribution in [1.29, 1.82) is 0 Å². The summed E-state index contributed by atoms with van der Waals surface area (Å²) in [4.78, 5) is 11.9. The third-order valence-electron chi connectivity index (χ3n) is 3.79. The van der Waals surface area contributed by atoms with Gasteiger partial charge in [0.05, 0.1) is 25.9 Å². The fourth-order valence-corrected chi connectivity index (χ4v) is 2.63. The van der Waals surface area contributed by atoms with Gasteiger partial charge in [-0.1, -0.05) is 60.7 Å². The number of methoxy groups -OCH3 is 1. The summed E-state index contributed by atoms with van der Waals surface area (Å²) < 4.78 is 10.7. The van der Waals surface area contributed by atoms with E-state index in [1.165, 1.54) is 7.11 Å². The summed E-state index contributed by atoms with van der Waals surface area (Å²) in [6.45, 7) is 1.06. The predicted octanol–water partition coefficient (Wildman–Crippen LogP) is 4.34. The zero-order valence-corrected chi connectivity index (χ0v) is 13.0. The Hall–Kier alpha value is -2.65. The second-order valence-corrected chi connectivity index (χ2v) is 5.29. The minimum absolute atomic E-state index is 0.321. The van der Waals surface area contributed by atoms with E-state index in [0.29, 0.717) is 18.8 Å². The zero-order chi connectivity index (χ0) is 16.1. The SMILES string of the molecule is COC(=O)c1ccc(COCc2ccccc2)c2ccccc12. The number of hydrogen-bond donors (Lipinski definition) is 0. The van der Waals surface area contributed by atoms with Crippen molar-refractivity contribution in [2.75, 3.05) is 7.11 Å². The first kappa shape index (κ1) is 15.3. The highest BCUT2D eigenvalue weighted by molar-refractivity contribution is 6.05. The van der Waals surface area contributed by atoms with E-state index in [1.807, 2.05) is 60.7 Å². The second kappa shape index (κ2) is 7.07. The van der Waals surface area contributed by atoms with Crippen LogP contribution >= 0.6 is 0 Å². The van der Waals surface area contributed by atoms with Crippen LogP contribution in [-0.4, -0.2) is 13.1 Å². The van der Waals surface area contributed by atoms with Gasteiger partial charge in [-0.05, 0) is 28.0 Å². The summed E-state index contributed by atoms with van der Waals surface area (Å²) in [6, 6.07) is 21.6. The van der Waals surface area contributed by atoms with Gasteiger partial charge in [0.25, 0.3) is 0 Å². The lowest BCUT2D eigenvalue weighted by atomic mass is 10.00. The maximum absolute atomic E-state index is 11.9. The van der Waals surface area contributed by atoms with Crippen LogP contribution in [0.5, 0.6) is 0 Å². The van der Waals surface area contributed by atoms with Gasteiger partial charge in [0.1, 0.15) is 0 Å². The molecule has 3 aromatic rings. The molecular weight excluding hydrogens is 288 g/mol. The molecule has 0 atom stereocenters. The van der Waals surface area contributed by atoms with Crippen molar-refractivity contribution in [1.82, 2.24) is 0 Å². The van der Waals surface area contributed by atoms with E-state index in [9.17, 15) is 4.79 Å². The number of hydrogen-bond acceptors (Lipinski definition) is 3. The molecule has 0 fully saturated rings. The first-order chi connectivity index (χ1) is 11.3. The lowest BCUT2D eigenvalue weighted by molar-refractivity contribution is 0.0603. The molecule has 116 valence electrons. The Balaban J connectivity index is 1.83. The topological polar surface area (TPSA) is 35.5 Å². The van der Waals surface area contributed by atoms with Gasteiger partial charge in [-0.2, -0.15) is 0 Å². The van der Waals surface area contributed by atoms with Gasteiger partial charge in [-0.25, -0.2) is 4.79 Å². The van der Waals surface area contributed by atoms with Crippen molar-refractivity contribution in [2.24, 2.45) is 0 Å². The number of rotatable bonds is 5. The molecule has 0 bridgehead atoms. The van der Waals surface area contributed by atoms with Crippen molar-refractivity contribution >= 4 is 16.7 Å². The number of carbonyl (C=O) groups excluding carboxylic acids is 1. The minimum Gasteiger partial charge on any atom is -0.465 e. The number of fused-ring (bicyclic) bond motifs is 1. The van der Waals surface area contributed by atoms with Gasteiger partial charge >= 0.3 is 5.97 Å². The Morgan fingerprint density at radius 1 is 0.826 bits per heavy atom. The lowest BCUT2D eigenvalue weighted by Crippen LogP contribution is -2.03. The van der Waals surface area contributed by atoms with E-state index in [0.717, 1.165) is 21.9 Å². The number of esters is 1.